The van der Waals surface area contributed by atoms with Gasteiger partial charge in [-0.2, -0.15) is 0 Å². The van der Waals surface area contributed by atoms with Gasteiger partial charge in [-0.15, -0.1) is 11.8 Å². The van der Waals surface area contributed by atoms with E-state index >= 15 is 0 Å². The molecule has 1 aromatic carbocycles. The van der Waals surface area contributed by atoms with Crippen molar-refractivity contribution in [3.05, 3.63) is 29.6 Å². The molecule has 1 nitrogen and oxygen atoms in total. The molecule has 0 unspecified atom stereocenters. The molecule has 0 bridgehead atoms. The van der Waals surface area contributed by atoms with Gasteiger partial charge in [-0.25, -0.2) is 4.39 Å². The molecule has 1 saturated carbocycles. The summed E-state index contributed by atoms with van der Waals surface area (Å²) < 4.78 is 13.4. The highest BCUT2D eigenvalue weighted by atomic mass is 32.2. The van der Waals surface area contributed by atoms with Crippen LogP contribution in [-0.4, -0.2) is 12.8 Å². The standard InChI is InChI=1S/C13H18FNS/c1-16-12-5-4-10(14)8-11(12)13(9-15)6-2-3-7-13/h4-5,8H,2-3,6-7,9,15H2,1H3. The second-order valence-electron chi connectivity index (χ2n) is 4.54. The second-order valence-corrected chi connectivity index (χ2v) is 5.38. The summed E-state index contributed by atoms with van der Waals surface area (Å²) >= 11 is 1.68. The van der Waals surface area contributed by atoms with Crippen molar-refractivity contribution in [3.63, 3.8) is 0 Å². The van der Waals surface area contributed by atoms with Crippen LogP contribution < -0.4 is 5.73 Å². The monoisotopic (exact) mass is 239 g/mol. The molecule has 0 heterocycles. The highest BCUT2D eigenvalue weighted by Crippen LogP contribution is 2.43. The Labute approximate surface area is 101 Å². The van der Waals surface area contributed by atoms with E-state index < -0.39 is 0 Å². The van der Waals surface area contributed by atoms with Crippen LogP contribution >= 0.6 is 11.8 Å². The molecular formula is C13H18FNS. The Morgan fingerprint density at radius 1 is 1.38 bits per heavy atom. The molecule has 1 aliphatic carbocycles. The first kappa shape index (κ1) is 11.9. The third-order valence-corrected chi connectivity index (χ3v) is 4.48. The first-order chi connectivity index (χ1) is 7.72. The van der Waals surface area contributed by atoms with Crippen LogP contribution in [0.3, 0.4) is 0 Å². The lowest BCUT2D eigenvalue weighted by Gasteiger charge is -2.29. The lowest BCUT2D eigenvalue weighted by Crippen LogP contribution is -2.32. The minimum Gasteiger partial charge on any atom is -0.330 e. The number of halogens is 1. The van der Waals surface area contributed by atoms with E-state index in [2.05, 4.69) is 0 Å². The number of hydrogen-bond donors (Lipinski definition) is 1. The number of nitrogens with two attached hydrogens (primary N) is 1. The van der Waals surface area contributed by atoms with Crippen molar-refractivity contribution >= 4 is 11.8 Å². The van der Waals surface area contributed by atoms with Crippen molar-refractivity contribution in [1.29, 1.82) is 0 Å². The first-order valence-electron chi connectivity index (χ1n) is 5.76. The van der Waals surface area contributed by atoms with Crippen molar-refractivity contribution < 1.29 is 4.39 Å². The summed E-state index contributed by atoms with van der Waals surface area (Å²) in [7, 11) is 0. The van der Waals surface area contributed by atoms with Crippen LogP contribution in [0.1, 0.15) is 31.2 Å². The molecule has 1 fully saturated rings. The molecule has 0 saturated heterocycles. The molecule has 0 aliphatic heterocycles. The normalized spacial score (nSPS) is 18.9. The summed E-state index contributed by atoms with van der Waals surface area (Å²) in [5, 5.41) is 0. The summed E-state index contributed by atoms with van der Waals surface area (Å²) in [5.74, 6) is -0.146. The fraction of sp³-hybridized carbons (Fsp3) is 0.538. The molecule has 88 valence electrons. The highest BCUT2D eigenvalue weighted by Gasteiger charge is 2.36. The molecule has 2 rings (SSSR count). The van der Waals surface area contributed by atoms with E-state index in [1.54, 1.807) is 17.8 Å². The van der Waals surface area contributed by atoms with Gasteiger partial charge in [0.1, 0.15) is 5.82 Å². The summed E-state index contributed by atoms with van der Waals surface area (Å²) in [5.41, 5.74) is 7.10. The summed E-state index contributed by atoms with van der Waals surface area (Å²) in [6, 6.07) is 5.10. The average molecular weight is 239 g/mol. The van der Waals surface area contributed by atoms with Crippen LogP contribution in [0.15, 0.2) is 23.1 Å². The maximum absolute atomic E-state index is 13.4. The van der Waals surface area contributed by atoms with E-state index in [1.807, 2.05) is 12.3 Å². The Morgan fingerprint density at radius 2 is 2.06 bits per heavy atom. The van der Waals surface area contributed by atoms with Crippen LogP contribution in [0.4, 0.5) is 4.39 Å². The molecule has 0 aromatic heterocycles. The number of benzene rings is 1. The molecule has 0 spiro atoms. The van der Waals surface area contributed by atoms with Crippen LogP contribution in [0.25, 0.3) is 0 Å². The van der Waals surface area contributed by atoms with Crippen molar-refractivity contribution in [2.24, 2.45) is 5.73 Å². The van der Waals surface area contributed by atoms with Gasteiger partial charge in [-0.3, -0.25) is 0 Å². The van der Waals surface area contributed by atoms with E-state index in [-0.39, 0.29) is 11.2 Å². The summed E-state index contributed by atoms with van der Waals surface area (Å²) in [6.07, 6.45) is 6.65. The molecule has 1 aromatic rings. The largest absolute Gasteiger partial charge is 0.330 e. The Balaban J connectivity index is 2.47. The van der Waals surface area contributed by atoms with Gasteiger partial charge in [0.15, 0.2) is 0 Å². The summed E-state index contributed by atoms with van der Waals surface area (Å²) in [4.78, 5) is 1.17. The molecule has 2 N–H and O–H groups in total. The van der Waals surface area contributed by atoms with Gasteiger partial charge in [-0.05, 0) is 42.9 Å². The fourth-order valence-electron chi connectivity index (χ4n) is 2.73. The molecular weight excluding hydrogens is 221 g/mol. The van der Waals surface area contributed by atoms with Gasteiger partial charge in [0.25, 0.3) is 0 Å². The smallest absolute Gasteiger partial charge is 0.123 e. The Bertz CT molecular complexity index is 372. The number of rotatable bonds is 3. The zero-order valence-corrected chi connectivity index (χ0v) is 10.4. The Morgan fingerprint density at radius 3 is 2.62 bits per heavy atom. The average Bonchev–Trinajstić information content (AvgIpc) is 2.78. The zero-order chi connectivity index (χ0) is 11.6. The van der Waals surface area contributed by atoms with Gasteiger partial charge in [-0.1, -0.05) is 12.8 Å². The maximum atomic E-state index is 13.4. The van der Waals surface area contributed by atoms with Gasteiger partial charge in [0.05, 0.1) is 0 Å². The Kier molecular flexibility index (Phi) is 3.55. The lowest BCUT2D eigenvalue weighted by atomic mass is 9.79. The topological polar surface area (TPSA) is 26.0 Å². The van der Waals surface area contributed by atoms with Crippen molar-refractivity contribution in [1.82, 2.24) is 0 Å². The quantitative estimate of drug-likeness (QED) is 0.819. The lowest BCUT2D eigenvalue weighted by molar-refractivity contribution is 0.441. The van der Waals surface area contributed by atoms with Crippen molar-refractivity contribution in [2.45, 2.75) is 36.0 Å². The van der Waals surface area contributed by atoms with Crippen LogP contribution in [-0.2, 0) is 5.41 Å². The van der Waals surface area contributed by atoms with E-state index in [0.29, 0.717) is 6.54 Å². The predicted molar refractivity (Wildman–Crippen MR) is 67.4 cm³/mol. The molecule has 0 amide bonds. The fourth-order valence-corrected chi connectivity index (χ4v) is 3.43. The van der Waals surface area contributed by atoms with Crippen LogP contribution in [0.2, 0.25) is 0 Å². The van der Waals surface area contributed by atoms with E-state index in [0.717, 1.165) is 18.4 Å². The zero-order valence-electron chi connectivity index (χ0n) is 9.63. The third-order valence-electron chi connectivity index (χ3n) is 3.68. The van der Waals surface area contributed by atoms with Crippen molar-refractivity contribution in [3.8, 4) is 0 Å². The van der Waals surface area contributed by atoms with Gasteiger partial charge < -0.3 is 5.73 Å². The SMILES string of the molecule is CSc1ccc(F)cc1C1(CN)CCCC1. The first-order valence-corrected chi connectivity index (χ1v) is 6.98. The maximum Gasteiger partial charge on any atom is 0.123 e. The van der Waals surface area contributed by atoms with E-state index in [4.69, 9.17) is 5.73 Å². The minimum absolute atomic E-state index is 0.0282. The molecule has 16 heavy (non-hydrogen) atoms. The number of thioether (sulfide) groups is 1. The highest BCUT2D eigenvalue weighted by molar-refractivity contribution is 7.98. The van der Waals surface area contributed by atoms with Gasteiger partial charge in [0.2, 0.25) is 0 Å². The van der Waals surface area contributed by atoms with E-state index in [9.17, 15) is 4.39 Å². The predicted octanol–water partition coefficient (Wildman–Crippen LogP) is 3.32. The minimum atomic E-state index is -0.146. The van der Waals surface area contributed by atoms with Gasteiger partial charge >= 0.3 is 0 Å². The molecule has 0 radical (unpaired) electrons. The third kappa shape index (κ3) is 1.98. The Hall–Kier alpha value is -0.540. The molecule has 0 atom stereocenters. The molecule has 1 aliphatic rings. The van der Waals surface area contributed by atoms with Crippen LogP contribution in [0, 0.1) is 5.82 Å². The second kappa shape index (κ2) is 4.76. The molecule has 3 heteroatoms. The van der Waals surface area contributed by atoms with Crippen LogP contribution in [0.5, 0.6) is 0 Å². The van der Waals surface area contributed by atoms with Gasteiger partial charge in [0, 0.05) is 16.9 Å². The van der Waals surface area contributed by atoms with Crippen molar-refractivity contribution in [2.75, 3.05) is 12.8 Å². The summed E-state index contributed by atoms with van der Waals surface area (Å²) in [6.45, 7) is 0.629. The number of hydrogen-bond acceptors (Lipinski definition) is 2. The van der Waals surface area contributed by atoms with E-state index in [1.165, 1.54) is 23.8 Å².